The van der Waals surface area contributed by atoms with E-state index in [1.54, 1.807) is 7.11 Å². The predicted octanol–water partition coefficient (Wildman–Crippen LogP) is 2.60. The van der Waals surface area contributed by atoms with Crippen LogP contribution in [0.25, 0.3) is 0 Å². The lowest BCUT2D eigenvalue weighted by molar-refractivity contribution is 0.0594. The zero-order valence-corrected chi connectivity index (χ0v) is 13.3. The Kier molecular flexibility index (Phi) is 4.84. The van der Waals surface area contributed by atoms with E-state index in [4.69, 9.17) is 4.74 Å². The second kappa shape index (κ2) is 7.04. The summed E-state index contributed by atoms with van der Waals surface area (Å²) in [6, 6.07) is 2.52. The minimum atomic E-state index is -0.735. The molecule has 1 aliphatic rings. The van der Waals surface area contributed by atoms with Crippen LogP contribution in [0.1, 0.15) is 47.3 Å². The molecule has 0 spiro atoms. The van der Waals surface area contributed by atoms with Gasteiger partial charge in [0.15, 0.2) is 11.6 Å². The van der Waals surface area contributed by atoms with Crippen molar-refractivity contribution in [3.05, 3.63) is 47.0 Å². The number of aromatic nitrogens is 3. The highest BCUT2D eigenvalue weighted by molar-refractivity contribution is 5.94. The minimum Gasteiger partial charge on any atom is -0.377 e. The largest absolute Gasteiger partial charge is 0.377 e. The molecule has 1 amide bonds. The summed E-state index contributed by atoms with van der Waals surface area (Å²) in [5.41, 5.74) is -0.269. The summed E-state index contributed by atoms with van der Waals surface area (Å²) in [5, 5.41) is 6.91. The number of aromatic amines is 1. The summed E-state index contributed by atoms with van der Waals surface area (Å²) in [4.78, 5) is 18.6. The predicted molar refractivity (Wildman–Crippen MR) is 81.1 cm³/mol. The second-order valence-electron chi connectivity index (χ2n) is 5.71. The molecule has 0 radical (unpaired) electrons. The smallest absolute Gasteiger partial charge is 0.257 e. The number of hydrogen-bond acceptors (Lipinski definition) is 4. The Morgan fingerprint density at radius 2 is 2.25 bits per heavy atom. The van der Waals surface area contributed by atoms with E-state index in [-0.39, 0.29) is 18.2 Å². The van der Waals surface area contributed by atoms with Crippen molar-refractivity contribution < 1.29 is 18.3 Å². The first-order valence-corrected chi connectivity index (χ1v) is 7.76. The summed E-state index contributed by atoms with van der Waals surface area (Å²) in [5.74, 6) is -0.904. The van der Waals surface area contributed by atoms with E-state index in [0.29, 0.717) is 24.6 Å². The summed E-state index contributed by atoms with van der Waals surface area (Å²) in [6.07, 6.45) is 2.38. The summed E-state index contributed by atoms with van der Waals surface area (Å²) in [7, 11) is 1.55. The highest BCUT2D eigenvalue weighted by Crippen LogP contribution is 2.30. The van der Waals surface area contributed by atoms with Crippen molar-refractivity contribution in [2.75, 3.05) is 13.7 Å². The Balaban J connectivity index is 1.88. The zero-order valence-electron chi connectivity index (χ0n) is 13.3. The number of nitrogens with one attached hydrogen (secondary N) is 1. The van der Waals surface area contributed by atoms with Crippen LogP contribution in [0.3, 0.4) is 0 Å². The monoisotopic (exact) mass is 336 g/mol. The summed E-state index contributed by atoms with van der Waals surface area (Å²) < 4.78 is 32.3. The van der Waals surface area contributed by atoms with Crippen LogP contribution in [0, 0.1) is 11.6 Å². The number of carbonyl (C=O) groups excluding carboxylic acids is 1. The Bertz CT molecular complexity index is 735. The lowest BCUT2D eigenvalue weighted by atomic mass is 10.00. The highest BCUT2D eigenvalue weighted by Gasteiger charge is 2.32. The fourth-order valence-corrected chi connectivity index (χ4v) is 2.92. The molecule has 0 aliphatic carbocycles. The molecular formula is C16H18F2N4O2. The number of likely N-dealkylation sites (tertiary alicyclic amines) is 1. The van der Waals surface area contributed by atoms with Gasteiger partial charge in [0, 0.05) is 13.7 Å². The SMILES string of the molecule is COCc1nc([C@H]2CCCCN2C(=O)c2cc(F)ccc2F)n[nH]1. The third-order valence-corrected chi connectivity index (χ3v) is 4.05. The number of H-pyrrole nitrogens is 1. The van der Waals surface area contributed by atoms with Crippen molar-refractivity contribution in [2.24, 2.45) is 0 Å². The van der Waals surface area contributed by atoms with Gasteiger partial charge in [-0.2, -0.15) is 5.10 Å². The van der Waals surface area contributed by atoms with E-state index >= 15 is 0 Å². The van der Waals surface area contributed by atoms with Gasteiger partial charge in [0.05, 0.1) is 11.6 Å². The molecule has 2 aromatic rings. The fraction of sp³-hybridized carbons (Fsp3) is 0.438. The number of benzene rings is 1. The first kappa shape index (κ1) is 16.5. The number of carbonyl (C=O) groups is 1. The Hall–Kier alpha value is -2.35. The van der Waals surface area contributed by atoms with Crippen LogP contribution in [-0.4, -0.2) is 39.6 Å². The van der Waals surface area contributed by atoms with Gasteiger partial charge < -0.3 is 9.64 Å². The third-order valence-electron chi connectivity index (χ3n) is 4.05. The molecule has 3 rings (SSSR count). The van der Waals surface area contributed by atoms with Crippen molar-refractivity contribution in [1.29, 1.82) is 0 Å². The van der Waals surface area contributed by atoms with Gasteiger partial charge >= 0.3 is 0 Å². The van der Waals surface area contributed by atoms with Gasteiger partial charge in [-0.25, -0.2) is 13.8 Å². The van der Waals surface area contributed by atoms with E-state index in [1.165, 1.54) is 4.90 Å². The van der Waals surface area contributed by atoms with Gasteiger partial charge in [0.25, 0.3) is 5.91 Å². The van der Waals surface area contributed by atoms with Crippen molar-refractivity contribution in [2.45, 2.75) is 31.9 Å². The Morgan fingerprint density at radius 3 is 3.04 bits per heavy atom. The van der Waals surface area contributed by atoms with Crippen LogP contribution >= 0.6 is 0 Å². The van der Waals surface area contributed by atoms with Gasteiger partial charge in [-0.15, -0.1) is 0 Å². The molecule has 2 heterocycles. The molecule has 1 saturated heterocycles. The standard InChI is InChI=1S/C16H18F2N4O2/c1-24-9-14-19-15(21-20-14)13-4-2-3-7-22(13)16(23)11-8-10(17)5-6-12(11)18/h5-6,8,13H,2-4,7,9H2,1H3,(H,19,20,21)/t13-/m1/s1. The number of amides is 1. The molecule has 1 aromatic carbocycles. The van der Waals surface area contributed by atoms with Crippen LogP contribution in [-0.2, 0) is 11.3 Å². The molecule has 8 heteroatoms. The van der Waals surface area contributed by atoms with Gasteiger partial charge in [0.2, 0.25) is 0 Å². The van der Waals surface area contributed by atoms with Crippen LogP contribution in [0.2, 0.25) is 0 Å². The lowest BCUT2D eigenvalue weighted by Crippen LogP contribution is -2.39. The normalized spacial score (nSPS) is 18.0. The van der Waals surface area contributed by atoms with Crippen molar-refractivity contribution in [3.8, 4) is 0 Å². The zero-order chi connectivity index (χ0) is 17.1. The molecule has 128 valence electrons. The maximum absolute atomic E-state index is 13.9. The van der Waals surface area contributed by atoms with E-state index < -0.39 is 17.5 Å². The number of methoxy groups -OCH3 is 1. The molecule has 1 N–H and O–H groups in total. The third kappa shape index (κ3) is 3.28. The quantitative estimate of drug-likeness (QED) is 0.932. The molecule has 6 nitrogen and oxygen atoms in total. The minimum absolute atomic E-state index is 0.269. The molecule has 1 aliphatic heterocycles. The maximum Gasteiger partial charge on any atom is 0.257 e. The van der Waals surface area contributed by atoms with E-state index in [2.05, 4.69) is 15.2 Å². The van der Waals surface area contributed by atoms with E-state index in [9.17, 15) is 13.6 Å². The first-order chi connectivity index (χ1) is 11.6. The molecule has 0 bridgehead atoms. The topological polar surface area (TPSA) is 71.1 Å². The van der Waals surface area contributed by atoms with Gasteiger partial charge in [-0.05, 0) is 37.5 Å². The number of ether oxygens (including phenoxy) is 1. The average molecular weight is 336 g/mol. The number of halogens is 2. The van der Waals surface area contributed by atoms with Crippen molar-refractivity contribution in [1.82, 2.24) is 20.1 Å². The van der Waals surface area contributed by atoms with Crippen LogP contribution in [0.4, 0.5) is 8.78 Å². The van der Waals surface area contributed by atoms with Crippen LogP contribution in [0.5, 0.6) is 0 Å². The number of nitrogens with zero attached hydrogens (tertiary/aromatic N) is 3. The van der Waals surface area contributed by atoms with E-state index in [1.807, 2.05) is 0 Å². The van der Waals surface area contributed by atoms with Crippen molar-refractivity contribution >= 4 is 5.91 Å². The molecular weight excluding hydrogens is 318 g/mol. The van der Waals surface area contributed by atoms with Gasteiger partial charge in [-0.3, -0.25) is 9.89 Å². The summed E-state index contributed by atoms with van der Waals surface area (Å²) in [6.45, 7) is 0.736. The Labute approximate surface area is 137 Å². The lowest BCUT2D eigenvalue weighted by Gasteiger charge is -2.34. The van der Waals surface area contributed by atoms with Gasteiger partial charge in [-0.1, -0.05) is 0 Å². The first-order valence-electron chi connectivity index (χ1n) is 7.76. The van der Waals surface area contributed by atoms with Crippen molar-refractivity contribution in [3.63, 3.8) is 0 Å². The summed E-state index contributed by atoms with van der Waals surface area (Å²) >= 11 is 0. The molecule has 0 saturated carbocycles. The van der Waals surface area contributed by atoms with Crippen LogP contribution in [0.15, 0.2) is 18.2 Å². The highest BCUT2D eigenvalue weighted by atomic mass is 19.1. The molecule has 0 unspecified atom stereocenters. The second-order valence-corrected chi connectivity index (χ2v) is 5.71. The van der Waals surface area contributed by atoms with Gasteiger partial charge in [0.1, 0.15) is 18.2 Å². The number of piperidine rings is 1. The molecule has 1 atom stereocenters. The molecule has 1 aromatic heterocycles. The van der Waals surface area contributed by atoms with E-state index in [0.717, 1.165) is 31.0 Å². The average Bonchev–Trinajstić information content (AvgIpc) is 3.05. The number of hydrogen-bond donors (Lipinski definition) is 1. The van der Waals surface area contributed by atoms with Crippen LogP contribution < -0.4 is 0 Å². The molecule has 1 fully saturated rings. The number of rotatable bonds is 4. The molecule has 24 heavy (non-hydrogen) atoms. The Morgan fingerprint density at radius 1 is 1.42 bits per heavy atom. The maximum atomic E-state index is 13.9. The fourth-order valence-electron chi connectivity index (χ4n) is 2.92.